The molecule has 0 N–H and O–H groups in total. The molecule has 0 saturated carbocycles. The van der Waals surface area contributed by atoms with Crippen LogP contribution in [0.2, 0.25) is 0 Å². The van der Waals surface area contributed by atoms with E-state index in [1.807, 2.05) is 0 Å². The number of hydrogen-bond donors (Lipinski definition) is 0. The second-order valence-corrected chi connectivity index (χ2v) is 5.31. The molecule has 1 unspecified atom stereocenters. The van der Waals surface area contributed by atoms with E-state index < -0.39 is 48.7 Å². The zero-order valence-electron chi connectivity index (χ0n) is 11.7. The SMILES string of the molecule is C=C1CN(C(C)=O)CC1CC(F)(F)C(F)(F)C(F)(F)C(F)(F)F. The highest BCUT2D eigenvalue weighted by atomic mass is 19.4. The maximum absolute atomic E-state index is 13.5. The highest BCUT2D eigenvalue weighted by Crippen LogP contribution is 2.55. The van der Waals surface area contributed by atoms with Crippen molar-refractivity contribution < 1.29 is 44.3 Å². The smallest absolute Gasteiger partial charge is 0.338 e. The van der Waals surface area contributed by atoms with Gasteiger partial charge in [-0.05, 0) is 0 Å². The number of carbonyl (C=O) groups is 1. The molecule has 134 valence electrons. The van der Waals surface area contributed by atoms with Gasteiger partial charge in [0.15, 0.2) is 0 Å². The van der Waals surface area contributed by atoms with Crippen LogP contribution in [0.25, 0.3) is 0 Å². The second kappa shape index (κ2) is 5.59. The fraction of sp³-hybridized carbons (Fsp3) is 0.750. The van der Waals surface area contributed by atoms with Crippen molar-refractivity contribution in [3.05, 3.63) is 12.2 Å². The van der Waals surface area contributed by atoms with E-state index in [0.29, 0.717) is 0 Å². The van der Waals surface area contributed by atoms with Gasteiger partial charge in [-0.2, -0.15) is 39.5 Å². The quantitative estimate of drug-likeness (QED) is 0.552. The maximum atomic E-state index is 13.5. The van der Waals surface area contributed by atoms with Crippen molar-refractivity contribution in [3.8, 4) is 0 Å². The van der Waals surface area contributed by atoms with Gasteiger partial charge in [-0.25, -0.2) is 0 Å². The molecule has 1 rings (SSSR count). The molecule has 0 aromatic rings. The molecule has 1 atom stereocenters. The van der Waals surface area contributed by atoms with Gasteiger partial charge in [-0.1, -0.05) is 12.2 Å². The molecule has 1 amide bonds. The standard InChI is InChI=1S/C12H12F9NO/c1-6-4-22(7(2)23)5-8(6)3-9(13,14)10(15,16)11(17,18)12(19,20)21/h8H,1,3-5H2,2H3. The minimum Gasteiger partial charge on any atom is -0.338 e. The number of rotatable bonds is 4. The predicted octanol–water partition coefficient (Wildman–Crippen LogP) is 3.88. The minimum atomic E-state index is -6.90. The fourth-order valence-electron chi connectivity index (χ4n) is 2.13. The number of carbonyl (C=O) groups excluding carboxylic acids is 1. The molecule has 1 saturated heterocycles. The number of halogens is 9. The van der Waals surface area contributed by atoms with Crippen LogP contribution in [-0.4, -0.2) is 47.8 Å². The van der Waals surface area contributed by atoms with Crippen LogP contribution in [0.5, 0.6) is 0 Å². The molecule has 0 spiro atoms. The fourth-order valence-corrected chi connectivity index (χ4v) is 2.13. The first-order valence-electron chi connectivity index (χ1n) is 6.18. The summed E-state index contributed by atoms with van der Waals surface area (Å²) in [6.07, 6.45) is -8.81. The van der Waals surface area contributed by atoms with Crippen LogP contribution >= 0.6 is 0 Å². The summed E-state index contributed by atoms with van der Waals surface area (Å²) in [5.74, 6) is -21.3. The Morgan fingerprint density at radius 3 is 1.91 bits per heavy atom. The molecule has 0 radical (unpaired) electrons. The summed E-state index contributed by atoms with van der Waals surface area (Å²) in [5, 5.41) is 0. The normalized spacial score (nSPS) is 21.0. The lowest BCUT2D eigenvalue weighted by Crippen LogP contribution is -2.61. The van der Waals surface area contributed by atoms with Gasteiger partial charge < -0.3 is 4.90 Å². The predicted molar refractivity (Wildman–Crippen MR) is 60.4 cm³/mol. The Kier molecular flexibility index (Phi) is 4.77. The van der Waals surface area contributed by atoms with E-state index in [-0.39, 0.29) is 12.1 Å². The number of hydrogen-bond acceptors (Lipinski definition) is 1. The van der Waals surface area contributed by atoms with Crippen LogP contribution in [-0.2, 0) is 4.79 Å². The van der Waals surface area contributed by atoms with Crippen molar-refractivity contribution in [2.24, 2.45) is 5.92 Å². The summed E-state index contributed by atoms with van der Waals surface area (Å²) in [7, 11) is 0. The van der Waals surface area contributed by atoms with Crippen LogP contribution in [0.1, 0.15) is 13.3 Å². The van der Waals surface area contributed by atoms with Gasteiger partial charge in [0.2, 0.25) is 5.91 Å². The molecule has 1 heterocycles. The summed E-state index contributed by atoms with van der Waals surface area (Å²) in [6.45, 7) is 3.56. The first kappa shape index (κ1) is 19.6. The molecule has 0 aromatic heterocycles. The average molecular weight is 357 g/mol. The highest BCUT2D eigenvalue weighted by Gasteiger charge is 2.81. The third-order valence-corrected chi connectivity index (χ3v) is 3.57. The number of likely N-dealkylation sites (tertiary alicyclic amines) is 1. The van der Waals surface area contributed by atoms with E-state index in [1.54, 1.807) is 0 Å². The van der Waals surface area contributed by atoms with Crippen molar-refractivity contribution in [2.45, 2.75) is 37.3 Å². The Morgan fingerprint density at radius 1 is 1.09 bits per heavy atom. The largest absolute Gasteiger partial charge is 0.460 e. The van der Waals surface area contributed by atoms with E-state index in [4.69, 9.17) is 0 Å². The molecule has 0 bridgehead atoms. The van der Waals surface area contributed by atoms with Gasteiger partial charge >= 0.3 is 23.9 Å². The molecule has 1 aliphatic heterocycles. The lowest BCUT2D eigenvalue weighted by atomic mass is 9.91. The first-order chi connectivity index (χ1) is 10.0. The monoisotopic (exact) mass is 357 g/mol. The maximum Gasteiger partial charge on any atom is 0.460 e. The lowest BCUT2D eigenvalue weighted by Gasteiger charge is -2.34. The van der Waals surface area contributed by atoms with Crippen molar-refractivity contribution in [2.75, 3.05) is 13.1 Å². The van der Waals surface area contributed by atoms with Crippen molar-refractivity contribution in [1.82, 2.24) is 4.90 Å². The third-order valence-electron chi connectivity index (χ3n) is 3.57. The highest BCUT2D eigenvalue weighted by molar-refractivity contribution is 5.74. The molecule has 11 heteroatoms. The van der Waals surface area contributed by atoms with E-state index in [9.17, 15) is 44.3 Å². The van der Waals surface area contributed by atoms with Gasteiger partial charge in [-0.15, -0.1) is 0 Å². The topological polar surface area (TPSA) is 20.3 Å². The number of nitrogens with zero attached hydrogens (tertiary/aromatic N) is 1. The summed E-state index contributed by atoms with van der Waals surface area (Å²) < 4.78 is 115. The van der Waals surface area contributed by atoms with Crippen molar-refractivity contribution >= 4 is 5.91 Å². The number of alkyl halides is 9. The van der Waals surface area contributed by atoms with Gasteiger partial charge in [0.25, 0.3) is 0 Å². The number of amides is 1. The second-order valence-electron chi connectivity index (χ2n) is 5.31. The van der Waals surface area contributed by atoms with Crippen molar-refractivity contribution in [3.63, 3.8) is 0 Å². The molecule has 2 nitrogen and oxygen atoms in total. The van der Waals surface area contributed by atoms with Crippen LogP contribution < -0.4 is 0 Å². The van der Waals surface area contributed by atoms with Crippen molar-refractivity contribution in [1.29, 1.82) is 0 Å². The Hall–Kier alpha value is -1.42. The van der Waals surface area contributed by atoms with Crippen LogP contribution in [0.4, 0.5) is 39.5 Å². The Morgan fingerprint density at radius 2 is 1.57 bits per heavy atom. The van der Waals surface area contributed by atoms with Crippen LogP contribution in [0.15, 0.2) is 12.2 Å². The average Bonchev–Trinajstić information content (AvgIpc) is 2.68. The molecule has 0 aromatic carbocycles. The molecular weight excluding hydrogens is 345 g/mol. The molecule has 1 fully saturated rings. The third kappa shape index (κ3) is 3.27. The van der Waals surface area contributed by atoms with E-state index in [2.05, 4.69) is 6.58 Å². The lowest BCUT2D eigenvalue weighted by molar-refractivity contribution is -0.397. The van der Waals surface area contributed by atoms with Gasteiger partial charge in [0.1, 0.15) is 0 Å². The Labute approximate surface area is 124 Å². The van der Waals surface area contributed by atoms with Crippen LogP contribution in [0.3, 0.4) is 0 Å². The molecule has 23 heavy (non-hydrogen) atoms. The van der Waals surface area contributed by atoms with Gasteiger partial charge in [0.05, 0.1) is 0 Å². The molecule has 0 aliphatic carbocycles. The first-order valence-corrected chi connectivity index (χ1v) is 6.18. The van der Waals surface area contributed by atoms with Gasteiger partial charge in [-0.3, -0.25) is 4.79 Å². The van der Waals surface area contributed by atoms with E-state index in [1.165, 1.54) is 0 Å². The summed E-state index contributed by atoms with van der Waals surface area (Å²) in [4.78, 5) is 12.0. The molecular formula is C12H12F9NO. The van der Waals surface area contributed by atoms with Gasteiger partial charge in [0, 0.05) is 32.4 Å². The zero-order chi connectivity index (χ0) is 18.4. The Balaban J connectivity index is 3.03. The molecule has 1 aliphatic rings. The summed E-state index contributed by atoms with van der Waals surface area (Å²) >= 11 is 0. The minimum absolute atomic E-state index is 0.119. The van der Waals surface area contributed by atoms with E-state index in [0.717, 1.165) is 11.8 Å². The van der Waals surface area contributed by atoms with E-state index >= 15 is 0 Å². The summed E-state index contributed by atoms with van der Waals surface area (Å²) in [6, 6.07) is 0. The van der Waals surface area contributed by atoms with Crippen LogP contribution in [0, 0.1) is 5.92 Å². The Bertz CT molecular complexity index is 497. The zero-order valence-corrected chi connectivity index (χ0v) is 11.7. The summed E-state index contributed by atoms with van der Waals surface area (Å²) in [5.41, 5.74) is -0.119.